The van der Waals surface area contributed by atoms with Gasteiger partial charge in [-0.05, 0) is 52.4 Å². The quantitative estimate of drug-likeness (QED) is 0.334. The number of nitrogens with one attached hydrogen (secondary N) is 1. The van der Waals surface area contributed by atoms with Crippen LogP contribution < -0.4 is 0 Å². The molecule has 0 aliphatic heterocycles. The SMILES string of the molecule is O=C(C=Cc1ccc2cc[nH]c2c1)CC(=O)C=Cc1ccccc1-c1cccnc1. The van der Waals surface area contributed by atoms with E-state index in [1.54, 1.807) is 24.5 Å². The van der Waals surface area contributed by atoms with Crippen LogP contribution in [0.1, 0.15) is 17.5 Å². The van der Waals surface area contributed by atoms with Crippen LogP contribution in [0.25, 0.3) is 34.2 Å². The predicted octanol–water partition coefficient (Wildman–Crippen LogP) is 5.48. The van der Waals surface area contributed by atoms with Crippen molar-refractivity contribution >= 4 is 34.6 Å². The average molecular weight is 392 g/mol. The lowest BCUT2D eigenvalue weighted by Crippen LogP contribution is -2.02. The van der Waals surface area contributed by atoms with Crippen molar-refractivity contribution in [2.24, 2.45) is 0 Å². The number of pyridine rings is 1. The van der Waals surface area contributed by atoms with Crippen molar-refractivity contribution in [3.8, 4) is 11.1 Å². The number of allylic oxidation sites excluding steroid dienone is 2. The van der Waals surface area contributed by atoms with Gasteiger partial charge in [-0.1, -0.05) is 54.6 Å². The Morgan fingerprint density at radius 2 is 1.73 bits per heavy atom. The molecule has 0 atom stereocenters. The van der Waals surface area contributed by atoms with Gasteiger partial charge in [-0.2, -0.15) is 0 Å². The highest BCUT2D eigenvalue weighted by atomic mass is 16.1. The van der Waals surface area contributed by atoms with Gasteiger partial charge in [0.25, 0.3) is 0 Å². The number of hydrogen-bond acceptors (Lipinski definition) is 3. The Bertz CT molecular complexity index is 1250. The van der Waals surface area contributed by atoms with Crippen LogP contribution in [0, 0.1) is 0 Å². The summed E-state index contributed by atoms with van der Waals surface area (Å²) in [5.41, 5.74) is 4.78. The summed E-state index contributed by atoms with van der Waals surface area (Å²) in [6, 6.07) is 19.5. The first-order chi connectivity index (χ1) is 14.7. The third kappa shape index (κ3) is 4.67. The maximum absolute atomic E-state index is 12.3. The van der Waals surface area contributed by atoms with Gasteiger partial charge in [0.1, 0.15) is 0 Å². The van der Waals surface area contributed by atoms with Crippen molar-refractivity contribution in [3.63, 3.8) is 0 Å². The first kappa shape index (κ1) is 19.3. The number of aromatic amines is 1. The highest BCUT2D eigenvalue weighted by molar-refractivity contribution is 6.11. The molecule has 4 heteroatoms. The molecule has 4 aromatic rings. The predicted molar refractivity (Wildman–Crippen MR) is 121 cm³/mol. The van der Waals surface area contributed by atoms with Crippen molar-refractivity contribution in [1.82, 2.24) is 9.97 Å². The molecule has 0 saturated carbocycles. The molecule has 146 valence electrons. The standard InChI is InChI=1S/C26H20N2O2/c29-23(11-8-19-7-9-21-13-15-28-26(21)16-19)17-24(30)12-10-20-4-1-2-6-25(20)22-5-3-14-27-18-22/h1-16,18,28H,17H2. The summed E-state index contributed by atoms with van der Waals surface area (Å²) < 4.78 is 0. The van der Waals surface area contributed by atoms with Crippen LogP contribution in [0.4, 0.5) is 0 Å². The van der Waals surface area contributed by atoms with Gasteiger partial charge in [-0.25, -0.2) is 0 Å². The van der Waals surface area contributed by atoms with E-state index >= 15 is 0 Å². The monoisotopic (exact) mass is 392 g/mol. The van der Waals surface area contributed by atoms with Crippen LogP contribution in [0.3, 0.4) is 0 Å². The Labute approximate surface area is 174 Å². The molecule has 0 spiro atoms. The number of benzene rings is 2. The van der Waals surface area contributed by atoms with Crippen LogP contribution in [0.2, 0.25) is 0 Å². The first-order valence-corrected chi connectivity index (χ1v) is 9.67. The van der Waals surface area contributed by atoms with Crippen LogP contribution >= 0.6 is 0 Å². The Morgan fingerprint density at radius 1 is 0.900 bits per heavy atom. The lowest BCUT2D eigenvalue weighted by molar-refractivity contribution is -0.121. The highest BCUT2D eigenvalue weighted by Gasteiger charge is 2.06. The molecule has 0 amide bonds. The smallest absolute Gasteiger partial charge is 0.163 e. The van der Waals surface area contributed by atoms with Crippen LogP contribution in [0.5, 0.6) is 0 Å². The molecule has 0 aliphatic rings. The van der Waals surface area contributed by atoms with E-state index in [-0.39, 0.29) is 18.0 Å². The topological polar surface area (TPSA) is 62.8 Å². The third-order valence-corrected chi connectivity index (χ3v) is 4.77. The molecule has 4 nitrogen and oxygen atoms in total. The lowest BCUT2D eigenvalue weighted by Gasteiger charge is -2.05. The second-order valence-corrected chi connectivity index (χ2v) is 6.93. The van der Waals surface area contributed by atoms with E-state index in [1.807, 2.05) is 66.9 Å². The van der Waals surface area contributed by atoms with E-state index in [4.69, 9.17) is 0 Å². The number of carbonyl (C=O) groups excluding carboxylic acids is 2. The fraction of sp³-hybridized carbons (Fsp3) is 0.0385. The zero-order valence-electron chi connectivity index (χ0n) is 16.3. The summed E-state index contributed by atoms with van der Waals surface area (Å²) in [5, 5.41) is 1.12. The molecule has 1 N–H and O–H groups in total. The van der Waals surface area contributed by atoms with Crippen LogP contribution in [0.15, 0.2) is 91.4 Å². The van der Waals surface area contributed by atoms with Crippen molar-refractivity contribution in [2.45, 2.75) is 6.42 Å². The van der Waals surface area contributed by atoms with Crippen molar-refractivity contribution in [2.75, 3.05) is 0 Å². The van der Waals surface area contributed by atoms with Gasteiger partial charge in [-0.15, -0.1) is 0 Å². The number of nitrogens with zero attached hydrogens (tertiary/aromatic N) is 1. The minimum atomic E-state index is -0.231. The molecule has 0 bridgehead atoms. The Kier molecular flexibility index (Phi) is 5.76. The number of aromatic nitrogens is 2. The molecule has 0 unspecified atom stereocenters. The molecule has 0 radical (unpaired) electrons. The number of H-pyrrole nitrogens is 1. The van der Waals surface area contributed by atoms with E-state index in [9.17, 15) is 9.59 Å². The van der Waals surface area contributed by atoms with Crippen molar-refractivity contribution in [3.05, 3.63) is 103 Å². The molecule has 2 heterocycles. The lowest BCUT2D eigenvalue weighted by atomic mass is 10.0. The zero-order chi connectivity index (χ0) is 20.8. The Hall–Kier alpha value is -4.05. The molecular formula is C26H20N2O2. The second-order valence-electron chi connectivity index (χ2n) is 6.93. The molecule has 2 aromatic carbocycles. The third-order valence-electron chi connectivity index (χ3n) is 4.77. The summed E-state index contributed by atoms with van der Waals surface area (Å²) in [5.74, 6) is -0.456. The zero-order valence-corrected chi connectivity index (χ0v) is 16.3. The van der Waals surface area contributed by atoms with Gasteiger partial charge in [0.15, 0.2) is 11.6 Å². The van der Waals surface area contributed by atoms with Crippen molar-refractivity contribution in [1.29, 1.82) is 0 Å². The fourth-order valence-electron chi connectivity index (χ4n) is 3.26. The van der Waals surface area contributed by atoms with E-state index in [1.165, 1.54) is 12.2 Å². The molecule has 0 aliphatic carbocycles. The highest BCUT2D eigenvalue weighted by Crippen LogP contribution is 2.23. The maximum atomic E-state index is 12.3. The summed E-state index contributed by atoms with van der Waals surface area (Å²) in [4.78, 5) is 31.7. The summed E-state index contributed by atoms with van der Waals surface area (Å²) in [7, 11) is 0. The maximum Gasteiger partial charge on any atom is 0.163 e. The summed E-state index contributed by atoms with van der Waals surface area (Å²) in [6.07, 6.45) is 11.6. The van der Waals surface area contributed by atoms with Crippen LogP contribution in [-0.4, -0.2) is 21.5 Å². The minimum absolute atomic E-state index is 0.160. The molecular weight excluding hydrogens is 372 g/mol. The number of hydrogen-bond donors (Lipinski definition) is 1. The largest absolute Gasteiger partial charge is 0.361 e. The van der Waals surface area contributed by atoms with Crippen molar-refractivity contribution < 1.29 is 9.59 Å². The molecule has 4 rings (SSSR count). The molecule has 0 fully saturated rings. The number of rotatable bonds is 7. The van der Waals surface area contributed by atoms with E-state index in [0.717, 1.165) is 33.2 Å². The fourth-order valence-corrected chi connectivity index (χ4v) is 3.26. The first-order valence-electron chi connectivity index (χ1n) is 9.67. The average Bonchev–Trinajstić information content (AvgIpc) is 3.25. The normalized spacial score (nSPS) is 11.5. The Balaban J connectivity index is 1.41. The minimum Gasteiger partial charge on any atom is -0.361 e. The van der Waals surface area contributed by atoms with E-state index in [2.05, 4.69) is 9.97 Å². The van der Waals surface area contributed by atoms with Gasteiger partial charge in [-0.3, -0.25) is 14.6 Å². The summed E-state index contributed by atoms with van der Waals surface area (Å²) >= 11 is 0. The van der Waals surface area contributed by atoms with Gasteiger partial charge in [0.05, 0.1) is 6.42 Å². The Morgan fingerprint density at radius 3 is 2.57 bits per heavy atom. The second kappa shape index (κ2) is 8.97. The summed E-state index contributed by atoms with van der Waals surface area (Å²) in [6.45, 7) is 0. The molecule has 2 aromatic heterocycles. The number of ketones is 2. The van der Waals surface area contributed by atoms with E-state index < -0.39 is 0 Å². The molecule has 0 saturated heterocycles. The van der Waals surface area contributed by atoms with Gasteiger partial charge in [0.2, 0.25) is 0 Å². The van der Waals surface area contributed by atoms with Gasteiger partial charge < -0.3 is 4.98 Å². The van der Waals surface area contributed by atoms with E-state index in [0.29, 0.717) is 0 Å². The van der Waals surface area contributed by atoms with Gasteiger partial charge >= 0.3 is 0 Å². The molecule has 30 heavy (non-hydrogen) atoms. The number of carbonyl (C=O) groups is 2. The van der Waals surface area contributed by atoms with Gasteiger partial charge in [0, 0.05) is 29.7 Å². The number of fused-ring (bicyclic) bond motifs is 1. The van der Waals surface area contributed by atoms with Crippen LogP contribution in [-0.2, 0) is 9.59 Å².